The van der Waals surface area contributed by atoms with Gasteiger partial charge in [-0.25, -0.2) is 10.9 Å². The average molecular weight is 499 g/mol. The van der Waals surface area contributed by atoms with Crippen molar-refractivity contribution in [2.24, 2.45) is 4.99 Å². The van der Waals surface area contributed by atoms with E-state index in [4.69, 9.17) is 21.3 Å². The van der Waals surface area contributed by atoms with E-state index in [1.54, 1.807) is 7.11 Å². The zero-order valence-corrected chi connectivity index (χ0v) is 20.9. The molecule has 0 spiro atoms. The zero-order chi connectivity index (χ0) is 24.9. The van der Waals surface area contributed by atoms with Gasteiger partial charge in [-0.05, 0) is 43.7 Å². The molecule has 0 radical (unpaired) electrons. The molecule has 4 rings (SSSR count). The number of rotatable bonds is 8. The Balaban J connectivity index is 1.65. The number of aliphatic imine (C=N–C) groups is 1. The first-order valence-corrected chi connectivity index (χ1v) is 12.1. The highest BCUT2D eigenvalue weighted by molar-refractivity contribution is 6.30. The first kappa shape index (κ1) is 25.0. The van der Waals surface area contributed by atoms with E-state index < -0.39 is 0 Å². The largest absolute Gasteiger partial charge is 0.497 e. The van der Waals surface area contributed by atoms with Crippen LogP contribution >= 0.6 is 11.6 Å². The molecule has 9 nitrogen and oxygen atoms in total. The molecule has 0 bridgehead atoms. The van der Waals surface area contributed by atoms with Crippen molar-refractivity contribution in [1.29, 1.82) is 0 Å². The first-order valence-electron chi connectivity index (χ1n) is 11.7. The number of anilines is 1. The van der Waals surface area contributed by atoms with Gasteiger partial charge >= 0.3 is 0 Å². The molecular weight excluding hydrogens is 468 g/mol. The summed E-state index contributed by atoms with van der Waals surface area (Å²) in [6.07, 6.45) is 0.611. The molecule has 2 aliphatic heterocycles. The molecule has 2 aromatic rings. The number of amides is 2. The predicted octanol–water partition coefficient (Wildman–Crippen LogP) is 2.19. The molecule has 2 amide bonds. The van der Waals surface area contributed by atoms with Crippen LogP contribution in [0.5, 0.6) is 5.75 Å². The quantitative estimate of drug-likeness (QED) is 0.416. The number of nitrogens with zero attached hydrogens (tertiary/aromatic N) is 2. The number of hydrogen-bond donors (Lipinski definition) is 4. The van der Waals surface area contributed by atoms with Gasteiger partial charge in [-0.3, -0.25) is 14.6 Å². The summed E-state index contributed by atoms with van der Waals surface area (Å²) in [5.74, 6) is 0.552. The SMILES string of the molecule is COc1ccc2c(c1)C(c1ccc(Cl)cc1)=NC(CC(=O)NCCCNC(C)=O)C1NNC(C)N21. The second kappa shape index (κ2) is 11.1. The molecule has 0 aromatic heterocycles. The summed E-state index contributed by atoms with van der Waals surface area (Å²) in [4.78, 5) is 31.3. The molecule has 2 heterocycles. The Hall–Kier alpha value is -3.14. The topological polar surface area (TPSA) is 107 Å². The van der Waals surface area contributed by atoms with Gasteiger partial charge in [0, 0.05) is 41.9 Å². The Morgan fingerprint density at radius 3 is 2.57 bits per heavy atom. The highest BCUT2D eigenvalue weighted by Gasteiger charge is 2.40. The summed E-state index contributed by atoms with van der Waals surface area (Å²) in [7, 11) is 1.64. The zero-order valence-electron chi connectivity index (χ0n) is 20.1. The lowest BCUT2D eigenvalue weighted by atomic mass is 9.99. The lowest BCUT2D eigenvalue weighted by Gasteiger charge is -2.31. The van der Waals surface area contributed by atoms with Crippen LogP contribution in [0.3, 0.4) is 0 Å². The second-order valence-corrected chi connectivity index (χ2v) is 9.08. The van der Waals surface area contributed by atoms with Crippen LogP contribution in [0.4, 0.5) is 5.69 Å². The Bertz CT molecular complexity index is 1110. The monoisotopic (exact) mass is 498 g/mol. The van der Waals surface area contributed by atoms with Gasteiger partial charge in [-0.15, -0.1) is 0 Å². The van der Waals surface area contributed by atoms with E-state index in [1.165, 1.54) is 6.92 Å². The predicted molar refractivity (Wildman–Crippen MR) is 137 cm³/mol. The van der Waals surface area contributed by atoms with Crippen LogP contribution in [0.2, 0.25) is 5.02 Å². The van der Waals surface area contributed by atoms with Crippen molar-refractivity contribution in [3.05, 3.63) is 58.6 Å². The summed E-state index contributed by atoms with van der Waals surface area (Å²) in [5.41, 5.74) is 10.2. The van der Waals surface area contributed by atoms with Gasteiger partial charge in [0.25, 0.3) is 0 Å². The number of nitrogens with one attached hydrogen (secondary N) is 4. The van der Waals surface area contributed by atoms with Gasteiger partial charge in [0.05, 0.1) is 31.4 Å². The summed E-state index contributed by atoms with van der Waals surface area (Å²) >= 11 is 6.15. The normalized spacial score (nSPS) is 20.9. The number of benzene rings is 2. The third kappa shape index (κ3) is 5.75. The minimum absolute atomic E-state index is 0.0184. The van der Waals surface area contributed by atoms with Crippen LogP contribution in [0.25, 0.3) is 0 Å². The smallest absolute Gasteiger partial charge is 0.222 e. The molecule has 2 aliphatic rings. The fraction of sp³-hybridized carbons (Fsp3) is 0.400. The van der Waals surface area contributed by atoms with Gasteiger partial charge in [0.2, 0.25) is 11.8 Å². The van der Waals surface area contributed by atoms with Crippen molar-refractivity contribution < 1.29 is 14.3 Å². The van der Waals surface area contributed by atoms with Gasteiger partial charge in [0.1, 0.15) is 11.9 Å². The van der Waals surface area contributed by atoms with Crippen LogP contribution in [-0.4, -0.2) is 56.1 Å². The van der Waals surface area contributed by atoms with Crippen molar-refractivity contribution in [2.45, 2.75) is 45.1 Å². The van der Waals surface area contributed by atoms with E-state index in [2.05, 4.69) is 33.3 Å². The molecule has 1 fully saturated rings. The van der Waals surface area contributed by atoms with Gasteiger partial charge < -0.3 is 20.3 Å². The summed E-state index contributed by atoms with van der Waals surface area (Å²) in [6.45, 7) is 4.54. The molecule has 2 aromatic carbocycles. The van der Waals surface area contributed by atoms with E-state index in [1.807, 2.05) is 42.5 Å². The maximum atomic E-state index is 12.9. The molecule has 0 aliphatic carbocycles. The third-order valence-corrected chi connectivity index (χ3v) is 6.37. The van der Waals surface area contributed by atoms with Crippen molar-refractivity contribution in [1.82, 2.24) is 21.5 Å². The molecule has 0 saturated carbocycles. The van der Waals surface area contributed by atoms with Crippen LogP contribution in [-0.2, 0) is 9.59 Å². The summed E-state index contributed by atoms with van der Waals surface area (Å²) in [6, 6.07) is 13.1. The highest BCUT2D eigenvalue weighted by Crippen LogP contribution is 2.36. The lowest BCUT2D eigenvalue weighted by molar-refractivity contribution is -0.121. The Morgan fingerprint density at radius 1 is 1.11 bits per heavy atom. The number of hydrazine groups is 1. The summed E-state index contributed by atoms with van der Waals surface area (Å²) in [5, 5.41) is 6.33. The number of halogens is 1. The van der Waals surface area contributed by atoms with Gasteiger partial charge in [-0.1, -0.05) is 23.7 Å². The maximum absolute atomic E-state index is 12.9. The Morgan fingerprint density at radius 2 is 1.86 bits per heavy atom. The highest BCUT2D eigenvalue weighted by atomic mass is 35.5. The van der Waals surface area contributed by atoms with Crippen molar-refractivity contribution in [3.63, 3.8) is 0 Å². The molecule has 10 heteroatoms. The number of hydrogen-bond acceptors (Lipinski definition) is 7. The number of fused-ring (bicyclic) bond motifs is 3. The maximum Gasteiger partial charge on any atom is 0.222 e. The molecule has 3 atom stereocenters. The molecule has 35 heavy (non-hydrogen) atoms. The molecule has 1 saturated heterocycles. The standard InChI is InChI=1S/C25H31ClN6O3/c1-15-30-31-25-21(14-23(34)28-12-4-11-27-16(2)33)29-24(17-5-7-18(26)8-6-17)20-13-19(35-3)9-10-22(20)32(15)25/h5-10,13,15,21,25,30-31H,4,11-12,14H2,1-3H3,(H,27,33)(H,28,34). The van der Waals surface area contributed by atoms with Crippen molar-refractivity contribution in [3.8, 4) is 5.75 Å². The van der Waals surface area contributed by atoms with E-state index in [9.17, 15) is 9.59 Å². The fourth-order valence-corrected chi connectivity index (χ4v) is 4.55. The average Bonchev–Trinajstić information content (AvgIpc) is 3.16. The molecular formula is C25H31ClN6O3. The van der Waals surface area contributed by atoms with Crippen LogP contribution in [0.1, 0.15) is 37.8 Å². The van der Waals surface area contributed by atoms with E-state index in [0.29, 0.717) is 24.5 Å². The first-order chi connectivity index (χ1) is 16.9. The van der Waals surface area contributed by atoms with Crippen molar-refractivity contribution in [2.75, 3.05) is 25.1 Å². The number of ether oxygens (including phenoxy) is 1. The van der Waals surface area contributed by atoms with E-state index >= 15 is 0 Å². The Labute approximate surface area is 210 Å². The fourth-order valence-electron chi connectivity index (χ4n) is 4.43. The van der Waals surface area contributed by atoms with E-state index in [-0.39, 0.29) is 36.6 Å². The van der Waals surface area contributed by atoms with Crippen molar-refractivity contribution >= 4 is 34.8 Å². The molecule has 4 N–H and O–H groups in total. The van der Waals surface area contributed by atoms with Gasteiger partial charge in [-0.2, -0.15) is 0 Å². The minimum atomic E-state index is -0.369. The van der Waals surface area contributed by atoms with Gasteiger partial charge in [0.15, 0.2) is 0 Å². The Kier molecular flexibility index (Phi) is 7.90. The summed E-state index contributed by atoms with van der Waals surface area (Å²) < 4.78 is 5.52. The van der Waals surface area contributed by atoms with Crippen LogP contribution in [0.15, 0.2) is 47.5 Å². The second-order valence-electron chi connectivity index (χ2n) is 8.64. The molecule has 3 unspecified atom stereocenters. The molecule has 186 valence electrons. The minimum Gasteiger partial charge on any atom is -0.497 e. The number of methoxy groups -OCH3 is 1. The van der Waals surface area contributed by atoms with Crippen LogP contribution < -0.4 is 31.1 Å². The lowest BCUT2D eigenvalue weighted by Crippen LogP contribution is -2.47. The number of carbonyl (C=O) groups excluding carboxylic acids is 2. The van der Waals surface area contributed by atoms with E-state index in [0.717, 1.165) is 28.3 Å². The third-order valence-electron chi connectivity index (χ3n) is 6.12. The van der Waals surface area contributed by atoms with Crippen LogP contribution in [0, 0.1) is 0 Å². The number of carbonyl (C=O) groups is 2.